The lowest BCUT2D eigenvalue weighted by Gasteiger charge is -2.05. The van der Waals surface area contributed by atoms with E-state index in [9.17, 15) is 8.42 Å². The molecule has 0 saturated carbocycles. The highest BCUT2D eigenvalue weighted by Crippen LogP contribution is 2.18. The quantitative estimate of drug-likeness (QED) is 0.838. The fraction of sp³-hybridized carbons (Fsp3) is 0.0833. The molecule has 5 heteroatoms. The Kier molecular flexibility index (Phi) is 3.10. The van der Waals surface area contributed by atoms with Crippen molar-refractivity contribution < 1.29 is 8.42 Å². The van der Waals surface area contributed by atoms with Gasteiger partial charge in [0.1, 0.15) is 0 Å². The molecule has 1 aromatic heterocycles. The van der Waals surface area contributed by atoms with Crippen LogP contribution in [0.2, 0.25) is 0 Å². The molecule has 88 valence electrons. The highest BCUT2D eigenvalue weighted by molar-refractivity contribution is 7.90. The van der Waals surface area contributed by atoms with E-state index < -0.39 is 9.84 Å². The largest absolute Gasteiger partial charge is 0.399 e. The molecule has 1 heterocycles. The third-order valence-corrected chi connectivity index (χ3v) is 4.01. The van der Waals surface area contributed by atoms with E-state index in [0.717, 1.165) is 0 Å². The Morgan fingerprint density at radius 1 is 1.12 bits per heavy atom. The number of anilines is 1. The van der Waals surface area contributed by atoms with Crippen molar-refractivity contribution in [1.29, 1.82) is 0 Å². The van der Waals surface area contributed by atoms with E-state index in [1.807, 2.05) is 0 Å². The number of pyridine rings is 1. The second kappa shape index (κ2) is 4.55. The summed E-state index contributed by atoms with van der Waals surface area (Å²) in [5.74, 6) is -0.0427. The van der Waals surface area contributed by atoms with Gasteiger partial charge in [-0.1, -0.05) is 6.07 Å². The second-order valence-electron chi connectivity index (χ2n) is 3.69. The average Bonchev–Trinajstić information content (AvgIpc) is 2.30. The van der Waals surface area contributed by atoms with Crippen LogP contribution in [-0.4, -0.2) is 13.4 Å². The smallest absolute Gasteiger partial charge is 0.182 e. The molecule has 0 aliphatic rings. The van der Waals surface area contributed by atoms with Crippen molar-refractivity contribution in [2.45, 2.75) is 10.6 Å². The molecule has 0 amide bonds. The lowest BCUT2D eigenvalue weighted by molar-refractivity contribution is 0.595. The number of nitrogens with two attached hydrogens (primary N) is 1. The minimum atomic E-state index is -3.34. The maximum Gasteiger partial charge on any atom is 0.182 e. The first kappa shape index (κ1) is 11.6. The Morgan fingerprint density at radius 2 is 1.82 bits per heavy atom. The summed E-state index contributed by atoms with van der Waals surface area (Å²) in [6, 6.07) is 9.68. The van der Waals surface area contributed by atoms with Crippen LogP contribution >= 0.6 is 0 Å². The summed E-state index contributed by atoms with van der Waals surface area (Å²) in [5, 5.41) is 0. The Labute approximate surface area is 100 Å². The molecule has 0 aliphatic carbocycles. The van der Waals surface area contributed by atoms with Crippen LogP contribution in [0.15, 0.2) is 53.7 Å². The van der Waals surface area contributed by atoms with Gasteiger partial charge >= 0.3 is 0 Å². The topological polar surface area (TPSA) is 73.1 Å². The standard InChI is InChI=1S/C12H12N2O2S/c13-11-2-1-3-12(8-11)17(15,16)9-10-4-6-14-7-5-10/h1-8H,9,13H2. The van der Waals surface area contributed by atoms with Crippen LogP contribution in [-0.2, 0) is 15.6 Å². The van der Waals surface area contributed by atoms with E-state index in [-0.39, 0.29) is 10.6 Å². The highest BCUT2D eigenvalue weighted by atomic mass is 32.2. The second-order valence-corrected chi connectivity index (χ2v) is 5.68. The fourth-order valence-corrected chi connectivity index (χ4v) is 2.89. The van der Waals surface area contributed by atoms with Crippen molar-refractivity contribution in [2.75, 3.05) is 5.73 Å². The van der Waals surface area contributed by atoms with Gasteiger partial charge in [-0.3, -0.25) is 4.98 Å². The zero-order chi connectivity index (χ0) is 12.3. The first-order valence-electron chi connectivity index (χ1n) is 5.05. The molecule has 4 nitrogen and oxygen atoms in total. The van der Waals surface area contributed by atoms with E-state index in [2.05, 4.69) is 4.98 Å². The summed E-state index contributed by atoms with van der Waals surface area (Å²) < 4.78 is 24.2. The molecule has 1 aromatic carbocycles. The Hall–Kier alpha value is -1.88. The molecule has 2 rings (SSSR count). The Bertz CT molecular complexity index is 609. The fourth-order valence-electron chi connectivity index (χ4n) is 1.49. The molecule has 0 unspecified atom stereocenters. The molecule has 2 aromatic rings. The zero-order valence-corrected chi connectivity index (χ0v) is 9.89. The number of hydrogen-bond donors (Lipinski definition) is 1. The third-order valence-electron chi connectivity index (χ3n) is 2.32. The predicted molar refractivity (Wildman–Crippen MR) is 66.0 cm³/mol. The van der Waals surface area contributed by atoms with Crippen molar-refractivity contribution in [3.63, 3.8) is 0 Å². The van der Waals surface area contributed by atoms with Crippen molar-refractivity contribution in [1.82, 2.24) is 4.98 Å². The number of sulfone groups is 1. The van der Waals surface area contributed by atoms with E-state index in [0.29, 0.717) is 11.3 Å². The van der Waals surface area contributed by atoms with Crippen LogP contribution in [0.4, 0.5) is 5.69 Å². The first-order valence-corrected chi connectivity index (χ1v) is 6.70. The van der Waals surface area contributed by atoms with Crippen molar-refractivity contribution in [3.05, 3.63) is 54.4 Å². The molecule has 0 aliphatic heterocycles. The van der Waals surface area contributed by atoms with E-state index in [1.165, 1.54) is 6.07 Å². The molecule has 0 bridgehead atoms. The molecule has 0 spiro atoms. The van der Waals surface area contributed by atoms with Gasteiger partial charge in [-0.25, -0.2) is 8.42 Å². The lowest BCUT2D eigenvalue weighted by atomic mass is 10.3. The van der Waals surface area contributed by atoms with Crippen molar-refractivity contribution >= 4 is 15.5 Å². The number of hydrogen-bond acceptors (Lipinski definition) is 4. The van der Waals surface area contributed by atoms with Crippen molar-refractivity contribution in [3.8, 4) is 0 Å². The maximum atomic E-state index is 12.1. The van der Waals surface area contributed by atoms with Crippen LogP contribution < -0.4 is 5.73 Å². The lowest BCUT2D eigenvalue weighted by Crippen LogP contribution is -2.05. The van der Waals surface area contributed by atoms with Gasteiger partial charge in [0.05, 0.1) is 10.6 Å². The van der Waals surface area contributed by atoms with Crippen LogP contribution in [0.1, 0.15) is 5.56 Å². The van der Waals surface area contributed by atoms with Gasteiger partial charge in [-0.2, -0.15) is 0 Å². The Balaban J connectivity index is 2.32. The average molecular weight is 248 g/mol. The van der Waals surface area contributed by atoms with E-state index >= 15 is 0 Å². The summed E-state index contributed by atoms with van der Waals surface area (Å²) >= 11 is 0. The monoisotopic (exact) mass is 248 g/mol. The summed E-state index contributed by atoms with van der Waals surface area (Å²) in [5.41, 5.74) is 6.73. The van der Waals surface area contributed by atoms with Gasteiger partial charge in [0, 0.05) is 18.1 Å². The van der Waals surface area contributed by atoms with Crippen LogP contribution in [0.5, 0.6) is 0 Å². The number of benzene rings is 1. The Morgan fingerprint density at radius 3 is 2.47 bits per heavy atom. The summed E-state index contributed by atoms with van der Waals surface area (Å²) in [6.45, 7) is 0. The predicted octanol–water partition coefficient (Wildman–Crippen LogP) is 1.64. The molecular weight excluding hydrogens is 236 g/mol. The molecule has 0 fully saturated rings. The number of rotatable bonds is 3. The molecule has 0 atom stereocenters. The maximum absolute atomic E-state index is 12.1. The third kappa shape index (κ3) is 2.82. The van der Waals surface area contributed by atoms with E-state index in [1.54, 1.807) is 42.7 Å². The SMILES string of the molecule is Nc1cccc(S(=O)(=O)Cc2ccncc2)c1. The van der Waals surface area contributed by atoms with Crippen LogP contribution in [0.3, 0.4) is 0 Å². The molecule has 0 radical (unpaired) electrons. The number of nitrogens with zero attached hydrogens (tertiary/aromatic N) is 1. The number of nitrogen functional groups attached to an aromatic ring is 1. The summed E-state index contributed by atoms with van der Waals surface area (Å²) in [4.78, 5) is 4.09. The normalized spacial score (nSPS) is 11.3. The summed E-state index contributed by atoms with van der Waals surface area (Å²) in [7, 11) is -3.34. The van der Waals surface area contributed by atoms with E-state index in [4.69, 9.17) is 5.73 Å². The minimum Gasteiger partial charge on any atom is -0.399 e. The van der Waals surface area contributed by atoms with Gasteiger partial charge in [0.2, 0.25) is 0 Å². The zero-order valence-electron chi connectivity index (χ0n) is 9.08. The van der Waals surface area contributed by atoms with Crippen LogP contribution in [0.25, 0.3) is 0 Å². The molecule has 0 saturated heterocycles. The van der Waals surface area contributed by atoms with Crippen LogP contribution in [0, 0.1) is 0 Å². The van der Waals surface area contributed by atoms with Crippen molar-refractivity contribution in [2.24, 2.45) is 0 Å². The van der Waals surface area contributed by atoms with Gasteiger partial charge in [-0.15, -0.1) is 0 Å². The summed E-state index contributed by atoms with van der Waals surface area (Å²) in [6.07, 6.45) is 3.15. The molecule has 2 N–H and O–H groups in total. The number of aromatic nitrogens is 1. The molecular formula is C12H12N2O2S. The van der Waals surface area contributed by atoms with Gasteiger partial charge in [0.25, 0.3) is 0 Å². The van der Waals surface area contributed by atoms with Gasteiger partial charge in [-0.05, 0) is 35.9 Å². The van der Waals surface area contributed by atoms with Gasteiger partial charge in [0.15, 0.2) is 9.84 Å². The van der Waals surface area contributed by atoms with Gasteiger partial charge < -0.3 is 5.73 Å². The minimum absolute atomic E-state index is 0.0427. The molecule has 17 heavy (non-hydrogen) atoms. The highest BCUT2D eigenvalue weighted by Gasteiger charge is 2.15. The first-order chi connectivity index (χ1) is 8.08.